The van der Waals surface area contributed by atoms with E-state index >= 15 is 0 Å². The van der Waals surface area contributed by atoms with E-state index in [2.05, 4.69) is 10.3 Å². The minimum atomic E-state index is -0.918. The lowest BCUT2D eigenvalue weighted by Gasteiger charge is -2.04. The normalized spacial score (nSPS) is 11.1. The molecule has 0 aromatic heterocycles. The van der Waals surface area contributed by atoms with Crippen molar-refractivity contribution < 1.29 is 8.78 Å². The molecule has 1 rings (SSSR count). The van der Waals surface area contributed by atoms with Crippen molar-refractivity contribution in [3.8, 4) is 6.19 Å². The number of thioether (sulfide) groups is 1. The van der Waals surface area contributed by atoms with E-state index in [4.69, 9.17) is 5.26 Å². The van der Waals surface area contributed by atoms with Crippen molar-refractivity contribution >= 4 is 22.6 Å². The summed E-state index contributed by atoms with van der Waals surface area (Å²) in [4.78, 5) is 4.01. The summed E-state index contributed by atoms with van der Waals surface area (Å²) < 4.78 is 26.0. The molecule has 6 heteroatoms. The van der Waals surface area contributed by atoms with Gasteiger partial charge in [-0.15, -0.1) is 0 Å². The molecule has 0 atom stereocenters. The molecule has 84 valence electrons. The molecule has 1 N–H and O–H groups in total. The fourth-order valence-corrected chi connectivity index (χ4v) is 1.38. The summed E-state index contributed by atoms with van der Waals surface area (Å²) in [5.74, 6) is -1.82. The quantitative estimate of drug-likeness (QED) is 0.356. The molecule has 3 nitrogen and oxygen atoms in total. The van der Waals surface area contributed by atoms with Crippen molar-refractivity contribution in [2.24, 2.45) is 4.99 Å². The molecule has 1 aromatic carbocycles. The molecular weight excluding hydrogens is 232 g/mol. The maximum atomic E-state index is 13.2. The number of halogens is 2. The maximum Gasteiger partial charge on any atom is 0.183 e. The van der Waals surface area contributed by atoms with Gasteiger partial charge in [-0.25, -0.2) is 13.8 Å². The van der Waals surface area contributed by atoms with Crippen LogP contribution in [0.3, 0.4) is 0 Å². The van der Waals surface area contributed by atoms with Gasteiger partial charge >= 0.3 is 0 Å². The Morgan fingerprint density at radius 1 is 1.50 bits per heavy atom. The molecule has 0 radical (unpaired) electrons. The molecule has 0 unspecified atom stereocenters. The first-order valence-electron chi connectivity index (χ1n) is 4.32. The molecular formula is C10H9F2N3S. The SMILES string of the molecule is CSC(=Nc1ccc(F)c(F)c1C)NC#N. The summed E-state index contributed by atoms with van der Waals surface area (Å²) in [7, 11) is 0. The van der Waals surface area contributed by atoms with E-state index in [1.54, 1.807) is 12.4 Å². The van der Waals surface area contributed by atoms with Gasteiger partial charge in [0.2, 0.25) is 0 Å². The lowest BCUT2D eigenvalue weighted by atomic mass is 10.2. The van der Waals surface area contributed by atoms with E-state index in [0.29, 0.717) is 10.9 Å². The van der Waals surface area contributed by atoms with Gasteiger partial charge in [-0.2, -0.15) is 5.26 Å². The van der Waals surface area contributed by atoms with Crippen LogP contribution in [0.15, 0.2) is 17.1 Å². The van der Waals surface area contributed by atoms with E-state index < -0.39 is 11.6 Å². The van der Waals surface area contributed by atoms with Crippen LogP contribution in [0.2, 0.25) is 0 Å². The fraction of sp³-hybridized carbons (Fsp3) is 0.200. The standard InChI is InChI=1S/C10H9F2N3S/c1-6-8(4-3-7(11)9(6)12)15-10(16-2)14-5-13/h3-4H,1-2H3,(H,14,15). The number of nitrogens with zero attached hydrogens (tertiary/aromatic N) is 2. The Bertz CT molecular complexity index is 466. The zero-order valence-corrected chi connectivity index (χ0v) is 9.53. The Kier molecular flexibility index (Phi) is 4.26. The molecule has 0 saturated heterocycles. The molecule has 16 heavy (non-hydrogen) atoms. The number of benzene rings is 1. The van der Waals surface area contributed by atoms with Crippen LogP contribution in [0.25, 0.3) is 0 Å². The molecule has 0 fully saturated rings. The Morgan fingerprint density at radius 2 is 2.19 bits per heavy atom. The summed E-state index contributed by atoms with van der Waals surface area (Å²) >= 11 is 1.21. The van der Waals surface area contributed by atoms with Crippen molar-refractivity contribution in [3.05, 3.63) is 29.3 Å². The zero-order valence-electron chi connectivity index (χ0n) is 8.71. The topological polar surface area (TPSA) is 48.2 Å². The predicted octanol–water partition coefficient (Wildman–Crippen LogP) is 2.69. The van der Waals surface area contributed by atoms with Crippen LogP contribution in [-0.2, 0) is 0 Å². The molecule has 0 aliphatic carbocycles. The van der Waals surface area contributed by atoms with Crippen LogP contribution in [0.1, 0.15) is 5.56 Å². The third-order valence-corrected chi connectivity index (χ3v) is 2.47. The van der Waals surface area contributed by atoms with Gasteiger partial charge < -0.3 is 0 Å². The first kappa shape index (κ1) is 12.5. The van der Waals surface area contributed by atoms with Gasteiger partial charge in [-0.3, -0.25) is 5.32 Å². The van der Waals surface area contributed by atoms with Crippen molar-refractivity contribution in [1.82, 2.24) is 5.32 Å². The summed E-state index contributed by atoms with van der Waals surface area (Å²) in [5, 5.41) is 11.1. The lowest BCUT2D eigenvalue weighted by molar-refractivity contribution is 0.503. The van der Waals surface area contributed by atoms with Gasteiger partial charge in [-0.05, 0) is 25.3 Å². The number of hydrogen-bond acceptors (Lipinski definition) is 3. The van der Waals surface area contributed by atoms with Gasteiger partial charge in [0, 0.05) is 5.56 Å². The zero-order chi connectivity index (χ0) is 12.1. The molecule has 0 bridgehead atoms. The highest BCUT2D eigenvalue weighted by atomic mass is 32.2. The van der Waals surface area contributed by atoms with Crippen LogP contribution < -0.4 is 5.32 Å². The maximum absolute atomic E-state index is 13.2. The Balaban J connectivity index is 3.15. The van der Waals surface area contributed by atoms with Gasteiger partial charge in [0.15, 0.2) is 23.0 Å². The van der Waals surface area contributed by atoms with E-state index in [-0.39, 0.29) is 5.56 Å². The van der Waals surface area contributed by atoms with Crippen LogP contribution in [0.4, 0.5) is 14.5 Å². The molecule has 0 heterocycles. The Hall–Kier alpha value is -1.61. The smallest absolute Gasteiger partial charge is 0.183 e. The molecule has 0 amide bonds. The van der Waals surface area contributed by atoms with E-state index in [9.17, 15) is 8.78 Å². The average Bonchev–Trinajstić information content (AvgIpc) is 2.29. The predicted molar refractivity (Wildman–Crippen MR) is 60.5 cm³/mol. The van der Waals surface area contributed by atoms with Crippen LogP contribution in [-0.4, -0.2) is 11.4 Å². The first-order chi connectivity index (χ1) is 7.60. The first-order valence-corrected chi connectivity index (χ1v) is 5.55. The fourth-order valence-electron chi connectivity index (χ4n) is 1.04. The second kappa shape index (κ2) is 5.47. The van der Waals surface area contributed by atoms with Crippen LogP contribution in [0.5, 0.6) is 0 Å². The molecule has 0 aliphatic heterocycles. The van der Waals surface area contributed by atoms with Gasteiger partial charge in [0.05, 0.1) is 5.69 Å². The highest BCUT2D eigenvalue weighted by Crippen LogP contribution is 2.23. The van der Waals surface area contributed by atoms with Crippen molar-refractivity contribution in [2.45, 2.75) is 6.92 Å². The number of hydrogen-bond donors (Lipinski definition) is 1. The summed E-state index contributed by atoms with van der Waals surface area (Å²) in [6.07, 6.45) is 3.44. The number of aliphatic imine (C=N–C) groups is 1. The van der Waals surface area contributed by atoms with Gasteiger partial charge in [-0.1, -0.05) is 11.8 Å². The van der Waals surface area contributed by atoms with Crippen molar-refractivity contribution in [1.29, 1.82) is 5.26 Å². The summed E-state index contributed by atoms with van der Waals surface area (Å²) in [6, 6.07) is 2.37. The third kappa shape index (κ3) is 2.70. The lowest BCUT2D eigenvalue weighted by Crippen LogP contribution is -2.12. The minimum absolute atomic E-state index is 0.117. The highest BCUT2D eigenvalue weighted by Gasteiger charge is 2.09. The minimum Gasteiger partial charge on any atom is -0.271 e. The number of amidine groups is 1. The van der Waals surface area contributed by atoms with Crippen molar-refractivity contribution in [3.63, 3.8) is 0 Å². The van der Waals surface area contributed by atoms with Crippen LogP contribution >= 0.6 is 11.8 Å². The summed E-state index contributed by atoms with van der Waals surface area (Å²) in [6.45, 7) is 1.43. The van der Waals surface area contributed by atoms with Crippen LogP contribution in [0, 0.1) is 30.0 Å². The second-order valence-corrected chi connectivity index (χ2v) is 3.66. The number of nitrogens with one attached hydrogen (secondary N) is 1. The van der Waals surface area contributed by atoms with Crippen molar-refractivity contribution in [2.75, 3.05) is 6.26 Å². The van der Waals surface area contributed by atoms with E-state index in [1.165, 1.54) is 24.8 Å². The molecule has 1 aromatic rings. The number of rotatable bonds is 1. The Labute approximate surface area is 96.2 Å². The molecule has 0 spiro atoms. The largest absolute Gasteiger partial charge is 0.271 e. The third-order valence-electron chi connectivity index (χ3n) is 1.89. The van der Waals surface area contributed by atoms with Gasteiger partial charge in [0.25, 0.3) is 0 Å². The monoisotopic (exact) mass is 241 g/mol. The Morgan fingerprint density at radius 3 is 2.75 bits per heavy atom. The highest BCUT2D eigenvalue weighted by molar-refractivity contribution is 8.13. The average molecular weight is 241 g/mol. The van der Waals surface area contributed by atoms with Gasteiger partial charge in [0.1, 0.15) is 0 Å². The molecule has 0 aliphatic rings. The second-order valence-electron chi connectivity index (χ2n) is 2.86. The van der Waals surface area contributed by atoms with E-state index in [1.807, 2.05) is 0 Å². The van der Waals surface area contributed by atoms with E-state index in [0.717, 1.165) is 6.07 Å². The number of nitriles is 1. The summed E-state index contributed by atoms with van der Waals surface area (Å²) in [5.41, 5.74) is 0.414. The molecule has 0 saturated carbocycles.